The van der Waals surface area contributed by atoms with Gasteiger partial charge in [-0.25, -0.2) is 4.79 Å². The van der Waals surface area contributed by atoms with Gasteiger partial charge < -0.3 is 14.5 Å². The average molecular weight is 344 g/mol. The molecule has 1 aliphatic heterocycles. The Morgan fingerprint density at radius 1 is 1.40 bits per heavy atom. The molecular weight excluding hydrogens is 316 g/mol. The second-order valence-corrected chi connectivity index (χ2v) is 7.67. The van der Waals surface area contributed by atoms with E-state index >= 15 is 0 Å². The number of ether oxygens (including phenoxy) is 1. The Bertz CT molecular complexity index is 658. The average Bonchev–Trinajstić information content (AvgIpc) is 2.53. The molecule has 1 atom stereocenters. The van der Waals surface area contributed by atoms with Crippen LogP contribution in [0.2, 0.25) is 0 Å². The normalized spacial score (nSPS) is 18.0. The Labute approximate surface area is 150 Å². The highest BCUT2D eigenvalue weighted by Crippen LogP contribution is 2.27. The third kappa shape index (κ3) is 5.36. The first-order valence-electron chi connectivity index (χ1n) is 8.65. The van der Waals surface area contributed by atoms with Crippen LogP contribution in [0.4, 0.5) is 16.2 Å². The van der Waals surface area contributed by atoms with Gasteiger partial charge >= 0.3 is 6.09 Å². The summed E-state index contributed by atoms with van der Waals surface area (Å²) < 4.78 is 5.30. The van der Waals surface area contributed by atoms with E-state index in [2.05, 4.69) is 35.3 Å². The van der Waals surface area contributed by atoms with E-state index in [1.54, 1.807) is 6.07 Å². The van der Waals surface area contributed by atoms with Crippen molar-refractivity contribution < 1.29 is 9.53 Å². The summed E-state index contributed by atoms with van der Waals surface area (Å²) in [6.07, 6.45) is 1.76. The summed E-state index contributed by atoms with van der Waals surface area (Å²) in [7, 11) is 4.20. The predicted molar refractivity (Wildman–Crippen MR) is 99.9 cm³/mol. The molecule has 1 amide bonds. The minimum absolute atomic E-state index is 0.427. The molecule has 1 aliphatic rings. The number of hydrogen-bond acceptors (Lipinski definition) is 5. The van der Waals surface area contributed by atoms with E-state index in [-0.39, 0.29) is 0 Å². The number of benzene rings is 1. The molecule has 1 saturated heterocycles. The Morgan fingerprint density at radius 2 is 2.12 bits per heavy atom. The van der Waals surface area contributed by atoms with E-state index in [9.17, 15) is 10.1 Å². The van der Waals surface area contributed by atoms with Gasteiger partial charge in [0.15, 0.2) is 0 Å². The summed E-state index contributed by atoms with van der Waals surface area (Å²) in [4.78, 5) is 16.6. The largest absolute Gasteiger partial charge is 0.444 e. The van der Waals surface area contributed by atoms with E-state index in [0.717, 1.165) is 25.2 Å². The zero-order valence-electron chi connectivity index (χ0n) is 15.8. The quantitative estimate of drug-likeness (QED) is 0.910. The van der Waals surface area contributed by atoms with Crippen LogP contribution in [0.5, 0.6) is 0 Å². The van der Waals surface area contributed by atoms with E-state index in [0.29, 0.717) is 17.3 Å². The van der Waals surface area contributed by atoms with Crippen molar-refractivity contribution >= 4 is 17.5 Å². The highest BCUT2D eigenvalue weighted by molar-refractivity contribution is 5.88. The zero-order valence-corrected chi connectivity index (χ0v) is 15.8. The molecule has 1 aromatic carbocycles. The summed E-state index contributed by atoms with van der Waals surface area (Å²) in [6.45, 7) is 7.34. The van der Waals surface area contributed by atoms with Crippen LogP contribution in [0, 0.1) is 11.3 Å². The molecule has 1 N–H and O–H groups in total. The van der Waals surface area contributed by atoms with Crippen molar-refractivity contribution in [2.24, 2.45) is 0 Å². The van der Waals surface area contributed by atoms with Gasteiger partial charge in [0.2, 0.25) is 0 Å². The summed E-state index contributed by atoms with van der Waals surface area (Å²) in [5, 5.41) is 12.0. The summed E-state index contributed by atoms with van der Waals surface area (Å²) in [5.41, 5.74) is 1.34. The van der Waals surface area contributed by atoms with Crippen molar-refractivity contribution in [3.8, 4) is 6.07 Å². The number of anilines is 2. The molecule has 0 spiro atoms. The molecule has 0 bridgehead atoms. The molecule has 1 unspecified atom stereocenters. The minimum Gasteiger partial charge on any atom is -0.444 e. The lowest BCUT2D eigenvalue weighted by molar-refractivity contribution is 0.0636. The molecule has 1 heterocycles. The van der Waals surface area contributed by atoms with Gasteiger partial charge in [-0.3, -0.25) is 5.32 Å². The number of carbonyl (C=O) groups excluding carboxylic acids is 1. The number of nitrogens with zero attached hydrogens (tertiary/aromatic N) is 3. The third-order valence-corrected chi connectivity index (χ3v) is 4.25. The molecule has 0 aromatic heterocycles. The molecule has 0 aliphatic carbocycles. The number of amides is 1. The van der Waals surface area contributed by atoms with Crippen molar-refractivity contribution in [2.75, 3.05) is 37.4 Å². The lowest BCUT2D eigenvalue weighted by Crippen LogP contribution is -2.45. The fraction of sp³-hybridized carbons (Fsp3) is 0.579. The number of likely N-dealkylation sites (N-methyl/N-ethyl adjacent to an activating group) is 1. The smallest absolute Gasteiger partial charge is 0.412 e. The molecule has 25 heavy (non-hydrogen) atoms. The van der Waals surface area contributed by atoms with Crippen LogP contribution < -0.4 is 10.2 Å². The van der Waals surface area contributed by atoms with Crippen molar-refractivity contribution in [2.45, 2.75) is 45.3 Å². The van der Waals surface area contributed by atoms with Crippen molar-refractivity contribution in [1.82, 2.24) is 4.90 Å². The molecule has 0 radical (unpaired) electrons. The maximum absolute atomic E-state index is 12.1. The number of nitrogens with one attached hydrogen (secondary N) is 1. The van der Waals surface area contributed by atoms with Gasteiger partial charge in [-0.05, 0) is 65.9 Å². The van der Waals surface area contributed by atoms with Crippen LogP contribution in [-0.4, -0.2) is 49.8 Å². The molecule has 2 rings (SSSR count). The summed E-state index contributed by atoms with van der Waals surface area (Å²) in [6, 6.07) is 8.18. The maximum Gasteiger partial charge on any atom is 0.412 e. The topological polar surface area (TPSA) is 68.6 Å². The van der Waals surface area contributed by atoms with Gasteiger partial charge in [-0.1, -0.05) is 0 Å². The Kier molecular flexibility index (Phi) is 5.91. The maximum atomic E-state index is 12.1. The SMILES string of the molecule is CN(C)C1CCCN(c2ccc(C#N)c(NC(=O)OC(C)(C)C)c2)C1. The summed E-state index contributed by atoms with van der Waals surface area (Å²) in [5.74, 6) is 0. The van der Waals surface area contributed by atoms with Crippen molar-refractivity contribution in [3.63, 3.8) is 0 Å². The monoisotopic (exact) mass is 344 g/mol. The fourth-order valence-corrected chi connectivity index (χ4v) is 2.95. The lowest BCUT2D eigenvalue weighted by Gasteiger charge is -2.37. The molecule has 136 valence electrons. The van der Waals surface area contributed by atoms with Crippen molar-refractivity contribution in [3.05, 3.63) is 23.8 Å². The van der Waals surface area contributed by atoms with Crippen LogP contribution in [0.25, 0.3) is 0 Å². The number of rotatable bonds is 3. The van der Waals surface area contributed by atoms with E-state index in [1.807, 2.05) is 32.9 Å². The highest BCUT2D eigenvalue weighted by atomic mass is 16.6. The molecular formula is C19H28N4O2. The first-order chi connectivity index (χ1) is 11.7. The first kappa shape index (κ1) is 19.1. The predicted octanol–water partition coefficient (Wildman–Crippen LogP) is 3.44. The van der Waals surface area contributed by atoms with Gasteiger partial charge in [0.1, 0.15) is 11.7 Å². The Morgan fingerprint density at radius 3 is 2.72 bits per heavy atom. The van der Waals surface area contributed by atoms with Crippen LogP contribution in [0.3, 0.4) is 0 Å². The zero-order chi connectivity index (χ0) is 18.6. The Balaban J connectivity index is 2.19. The number of piperidine rings is 1. The van der Waals surface area contributed by atoms with Gasteiger partial charge in [0, 0.05) is 24.8 Å². The fourth-order valence-electron chi connectivity index (χ4n) is 2.95. The van der Waals surface area contributed by atoms with E-state index in [1.165, 1.54) is 6.42 Å². The second kappa shape index (κ2) is 7.75. The third-order valence-electron chi connectivity index (χ3n) is 4.25. The molecule has 6 heteroatoms. The van der Waals surface area contributed by atoms with Gasteiger partial charge in [-0.2, -0.15) is 5.26 Å². The number of hydrogen-bond donors (Lipinski definition) is 1. The molecule has 6 nitrogen and oxygen atoms in total. The lowest BCUT2D eigenvalue weighted by atomic mass is 10.0. The van der Waals surface area contributed by atoms with Gasteiger partial charge in [-0.15, -0.1) is 0 Å². The van der Waals surface area contributed by atoms with Crippen LogP contribution >= 0.6 is 0 Å². The second-order valence-electron chi connectivity index (χ2n) is 7.67. The van der Waals surface area contributed by atoms with Gasteiger partial charge in [0.05, 0.1) is 11.3 Å². The van der Waals surface area contributed by atoms with Crippen LogP contribution in [0.15, 0.2) is 18.2 Å². The summed E-state index contributed by atoms with van der Waals surface area (Å²) >= 11 is 0. The van der Waals surface area contributed by atoms with E-state index in [4.69, 9.17) is 4.74 Å². The Hall–Kier alpha value is -2.26. The molecule has 1 fully saturated rings. The van der Waals surface area contributed by atoms with E-state index < -0.39 is 11.7 Å². The standard InChI is InChI=1S/C19H28N4O2/c1-19(2,3)25-18(24)21-17-11-15(9-8-14(17)12-20)23-10-6-7-16(13-23)22(4)5/h8-9,11,16H,6-7,10,13H2,1-5H3,(H,21,24). The number of nitriles is 1. The van der Waals surface area contributed by atoms with Crippen molar-refractivity contribution in [1.29, 1.82) is 5.26 Å². The van der Waals surface area contributed by atoms with Crippen LogP contribution in [0.1, 0.15) is 39.2 Å². The number of carbonyl (C=O) groups is 1. The van der Waals surface area contributed by atoms with Crippen LogP contribution in [-0.2, 0) is 4.74 Å². The first-order valence-corrected chi connectivity index (χ1v) is 8.65. The van der Waals surface area contributed by atoms with Gasteiger partial charge in [0.25, 0.3) is 0 Å². The molecule has 0 saturated carbocycles. The highest BCUT2D eigenvalue weighted by Gasteiger charge is 2.23. The minimum atomic E-state index is -0.583. The molecule has 1 aromatic rings.